The average molecular weight is 232 g/mol. The average Bonchev–Trinajstić information content (AvgIpc) is 2.51. The number of sulfonamides is 1. The van der Waals surface area contributed by atoms with Crippen LogP contribution in [-0.4, -0.2) is 19.3 Å². The van der Waals surface area contributed by atoms with Crippen LogP contribution < -0.4 is 4.72 Å². The summed E-state index contributed by atoms with van der Waals surface area (Å²) in [5.41, 5.74) is -0.178. The molecular formula is C9H16N2O3S. The molecule has 86 valence electrons. The molecule has 0 bridgehead atoms. The highest BCUT2D eigenvalue weighted by molar-refractivity contribution is 7.92. The number of hydrogen-bond donors (Lipinski definition) is 1. The van der Waals surface area contributed by atoms with Crippen LogP contribution in [0.2, 0.25) is 0 Å². The summed E-state index contributed by atoms with van der Waals surface area (Å²) in [6, 6.07) is 1.60. The molecule has 0 aromatic carbocycles. The van der Waals surface area contributed by atoms with Gasteiger partial charge < -0.3 is 4.52 Å². The van der Waals surface area contributed by atoms with Crippen LogP contribution >= 0.6 is 0 Å². The summed E-state index contributed by atoms with van der Waals surface area (Å²) in [5, 5.41) is 3.65. The molecule has 0 saturated carbocycles. The quantitative estimate of drug-likeness (QED) is 0.861. The highest BCUT2D eigenvalue weighted by Gasteiger charge is 2.20. The smallest absolute Gasteiger partial charge is 0.233 e. The molecule has 0 fully saturated rings. The maximum Gasteiger partial charge on any atom is 0.233 e. The molecule has 6 heteroatoms. The Kier molecular flexibility index (Phi) is 3.08. The van der Waals surface area contributed by atoms with Crippen molar-refractivity contribution in [3.63, 3.8) is 0 Å². The molecule has 15 heavy (non-hydrogen) atoms. The van der Waals surface area contributed by atoms with E-state index in [2.05, 4.69) is 9.88 Å². The fourth-order valence-electron chi connectivity index (χ4n) is 0.908. The van der Waals surface area contributed by atoms with E-state index in [-0.39, 0.29) is 17.0 Å². The molecule has 0 aliphatic heterocycles. The number of aromatic nitrogens is 1. The van der Waals surface area contributed by atoms with Gasteiger partial charge in [-0.1, -0.05) is 25.9 Å². The maximum atomic E-state index is 11.2. The Morgan fingerprint density at radius 3 is 2.47 bits per heavy atom. The third kappa shape index (κ3) is 3.23. The number of hydrogen-bond acceptors (Lipinski definition) is 4. The van der Waals surface area contributed by atoms with Crippen LogP contribution in [0.4, 0.5) is 5.82 Å². The molecule has 0 saturated heterocycles. The van der Waals surface area contributed by atoms with Crippen molar-refractivity contribution in [1.82, 2.24) is 5.16 Å². The second kappa shape index (κ2) is 3.84. The molecule has 5 nitrogen and oxygen atoms in total. The van der Waals surface area contributed by atoms with Gasteiger partial charge in [0, 0.05) is 11.5 Å². The second-order valence-corrected chi connectivity index (χ2v) is 6.34. The zero-order chi connectivity index (χ0) is 11.7. The Hall–Kier alpha value is -1.04. The van der Waals surface area contributed by atoms with Crippen LogP contribution in [0.5, 0.6) is 0 Å². The number of nitrogens with zero attached hydrogens (tertiary/aromatic N) is 1. The van der Waals surface area contributed by atoms with Crippen molar-refractivity contribution < 1.29 is 12.9 Å². The molecule has 1 N–H and O–H groups in total. The van der Waals surface area contributed by atoms with Gasteiger partial charge in [-0.15, -0.1) is 0 Å². The predicted octanol–water partition coefficient (Wildman–Crippen LogP) is 1.73. The lowest BCUT2D eigenvalue weighted by Crippen LogP contribution is -2.14. The number of rotatable bonds is 3. The first-order valence-corrected chi connectivity index (χ1v) is 6.37. The van der Waals surface area contributed by atoms with Gasteiger partial charge in [-0.25, -0.2) is 8.42 Å². The highest BCUT2D eigenvalue weighted by atomic mass is 32.2. The van der Waals surface area contributed by atoms with Crippen LogP contribution in [-0.2, 0) is 15.4 Å². The zero-order valence-corrected chi connectivity index (χ0v) is 10.2. The fourth-order valence-corrected chi connectivity index (χ4v) is 1.47. The van der Waals surface area contributed by atoms with Crippen molar-refractivity contribution in [3.05, 3.63) is 11.8 Å². The lowest BCUT2D eigenvalue weighted by atomic mass is 9.93. The molecule has 1 heterocycles. The van der Waals surface area contributed by atoms with E-state index in [9.17, 15) is 8.42 Å². The van der Waals surface area contributed by atoms with Crippen LogP contribution in [0.15, 0.2) is 10.6 Å². The topological polar surface area (TPSA) is 72.2 Å². The standard InChI is InChI=1S/C9H16N2O3S/c1-5-15(12,13)11-8-6-7(14-10-8)9(2,3)4/h6H,5H2,1-4H3,(H,10,11). The summed E-state index contributed by atoms with van der Waals surface area (Å²) in [6.07, 6.45) is 0. The molecule has 1 rings (SSSR count). The Morgan fingerprint density at radius 2 is 2.07 bits per heavy atom. The Balaban J connectivity index is 2.87. The molecule has 0 atom stereocenters. The number of anilines is 1. The number of nitrogens with one attached hydrogen (secondary N) is 1. The van der Waals surface area contributed by atoms with Gasteiger partial charge >= 0.3 is 0 Å². The first-order chi connectivity index (χ1) is 6.74. The van der Waals surface area contributed by atoms with Crippen LogP contribution in [0.1, 0.15) is 33.5 Å². The summed E-state index contributed by atoms with van der Waals surface area (Å²) >= 11 is 0. The fraction of sp³-hybridized carbons (Fsp3) is 0.667. The van der Waals surface area contributed by atoms with Gasteiger partial charge in [0.05, 0.1) is 5.75 Å². The van der Waals surface area contributed by atoms with Crippen molar-refractivity contribution in [2.24, 2.45) is 0 Å². The molecule has 1 aromatic rings. The summed E-state index contributed by atoms with van der Waals surface area (Å²) in [7, 11) is -3.28. The minimum absolute atomic E-state index is 0.0186. The van der Waals surface area contributed by atoms with Gasteiger partial charge in [-0.3, -0.25) is 4.72 Å². The van der Waals surface area contributed by atoms with Gasteiger partial charge in [-0.05, 0) is 6.92 Å². The molecule has 0 aliphatic rings. The summed E-state index contributed by atoms with van der Waals surface area (Å²) in [6.45, 7) is 7.45. The maximum absolute atomic E-state index is 11.2. The van der Waals surface area contributed by atoms with Gasteiger partial charge in [0.2, 0.25) is 10.0 Å². The molecular weight excluding hydrogens is 216 g/mol. The van der Waals surface area contributed by atoms with E-state index < -0.39 is 10.0 Å². The van der Waals surface area contributed by atoms with Gasteiger partial charge in [-0.2, -0.15) is 0 Å². The zero-order valence-electron chi connectivity index (χ0n) is 9.36. The van der Waals surface area contributed by atoms with E-state index in [1.165, 1.54) is 0 Å². The lowest BCUT2D eigenvalue weighted by molar-refractivity contribution is 0.331. The van der Waals surface area contributed by atoms with Crippen LogP contribution in [0.3, 0.4) is 0 Å². The van der Waals surface area contributed by atoms with Crippen LogP contribution in [0, 0.1) is 0 Å². The van der Waals surface area contributed by atoms with Crippen LogP contribution in [0.25, 0.3) is 0 Å². The van der Waals surface area contributed by atoms with Crippen molar-refractivity contribution in [3.8, 4) is 0 Å². The highest BCUT2D eigenvalue weighted by Crippen LogP contribution is 2.24. The Bertz CT molecular complexity index is 428. The van der Waals surface area contributed by atoms with E-state index in [1.54, 1.807) is 13.0 Å². The van der Waals surface area contributed by atoms with E-state index >= 15 is 0 Å². The monoisotopic (exact) mass is 232 g/mol. The molecule has 0 radical (unpaired) electrons. The Morgan fingerprint density at radius 1 is 1.47 bits per heavy atom. The minimum atomic E-state index is -3.28. The minimum Gasteiger partial charge on any atom is -0.359 e. The van der Waals surface area contributed by atoms with Gasteiger partial charge in [0.1, 0.15) is 5.76 Å². The van der Waals surface area contributed by atoms with Crippen molar-refractivity contribution in [2.75, 3.05) is 10.5 Å². The molecule has 0 aliphatic carbocycles. The van der Waals surface area contributed by atoms with E-state index in [1.807, 2.05) is 20.8 Å². The SMILES string of the molecule is CCS(=O)(=O)Nc1cc(C(C)(C)C)on1. The normalized spacial score (nSPS) is 12.8. The van der Waals surface area contributed by atoms with E-state index in [4.69, 9.17) is 4.52 Å². The first-order valence-electron chi connectivity index (χ1n) is 4.72. The Labute approximate surface area is 89.9 Å². The lowest BCUT2D eigenvalue weighted by Gasteiger charge is -2.12. The second-order valence-electron chi connectivity index (χ2n) is 4.33. The van der Waals surface area contributed by atoms with Crippen molar-refractivity contribution in [2.45, 2.75) is 33.1 Å². The third-order valence-electron chi connectivity index (χ3n) is 1.89. The predicted molar refractivity (Wildman–Crippen MR) is 58.3 cm³/mol. The van der Waals surface area contributed by atoms with Crippen molar-refractivity contribution >= 4 is 15.8 Å². The van der Waals surface area contributed by atoms with Gasteiger partial charge in [0.15, 0.2) is 5.82 Å². The first kappa shape index (κ1) is 12.0. The summed E-state index contributed by atoms with van der Waals surface area (Å²) < 4.78 is 29.8. The summed E-state index contributed by atoms with van der Waals surface area (Å²) in [4.78, 5) is 0. The van der Waals surface area contributed by atoms with Gasteiger partial charge in [0.25, 0.3) is 0 Å². The largest absolute Gasteiger partial charge is 0.359 e. The molecule has 0 spiro atoms. The third-order valence-corrected chi connectivity index (χ3v) is 3.17. The van der Waals surface area contributed by atoms with Crippen molar-refractivity contribution in [1.29, 1.82) is 0 Å². The van der Waals surface area contributed by atoms with E-state index in [0.717, 1.165) is 0 Å². The molecule has 1 aromatic heterocycles. The molecule has 0 unspecified atom stereocenters. The van der Waals surface area contributed by atoms with E-state index in [0.29, 0.717) is 5.76 Å². The summed E-state index contributed by atoms with van der Waals surface area (Å²) in [5.74, 6) is 0.906. The molecule has 0 amide bonds.